The van der Waals surface area contributed by atoms with Gasteiger partial charge in [0.15, 0.2) is 24.9 Å². The Kier molecular flexibility index (Phi) is 8.38. The highest BCUT2D eigenvalue weighted by molar-refractivity contribution is 5.92. The van der Waals surface area contributed by atoms with Crippen molar-refractivity contribution in [2.75, 3.05) is 25.8 Å². The van der Waals surface area contributed by atoms with Gasteiger partial charge in [-0.3, -0.25) is 14.9 Å². The molecule has 0 aliphatic carbocycles. The van der Waals surface area contributed by atoms with Crippen molar-refractivity contribution in [2.24, 2.45) is 0 Å². The maximum absolute atomic E-state index is 12.9. The van der Waals surface area contributed by atoms with Crippen molar-refractivity contribution >= 4 is 23.3 Å². The molecular formula is C26H21F3N2O9. The Morgan fingerprint density at radius 1 is 1.10 bits per heavy atom. The Bertz CT molecular complexity index is 1440. The van der Waals surface area contributed by atoms with Crippen molar-refractivity contribution in [3.8, 4) is 17.2 Å². The number of carbonyl (C=O) groups excluding carboxylic acids is 2. The molecule has 0 aromatic heterocycles. The molecule has 1 heterocycles. The summed E-state index contributed by atoms with van der Waals surface area (Å²) in [5.74, 6) is -1.000. The van der Waals surface area contributed by atoms with Crippen LogP contribution in [0.2, 0.25) is 0 Å². The van der Waals surface area contributed by atoms with E-state index < -0.39 is 35.1 Å². The van der Waals surface area contributed by atoms with E-state index in [1.54, 1.807) is 0 Å². The summed E-state index contributed by atoms with van der Waals surface area (Å²) in [6.45, 7) is -0.825. The maximum Gasteiger partial charge on any atom is 0.416 e. The number of esters is 1. The molecule has 3 aromatic rings. The molecule has 1 aliphatic rings. The molecular weight excluding hydrogens is 541 g/mol. The second-order valence-electron chi connectivity index (χ2n) is 8.32. The van der Waals surface area contributed by atoms with E-state index >= 15 is 0 Å². The van der Waals surface area contributed by atoms with Crippen LogP contribution in [0.3, 0.4) is 0 Å². The largest absolute Gasteiger partial charge is 0.493 e. The molecule has 1 amide bonds. The summed E-state index contributed by atoms with van der Waals surface area (Å²) >= 11 is 0. The lowest BCUT2D eigenvalue weighted by Gasteiger charge is -2.20. The number of nitrogens with one attached hydrogen (secondary N) is 1. The Hall–Kier alpha value is -4.85. The van der Waals surface area contributed by atoms with Crippen molar-refractivity contribution in [3.05, 3.63) is 87.0 Å². The zero-order chi connectivity index (χ0) is 28.9. The lowest BCUT2D eigenvalue weighted by Crippen LogP contribution is -2.20. The number of nitrogens with zero attached hydrogens (tertiary/aromatic N) is 1. The van der Waals surface area contributed by atoms with Gasteiger partial charge in [-0.15, -0.1) is 0 Å². The van der Waals surface area contributed by atoms with E-state index in [0.29, 0.717) is 16.9 Å². The minimum absolute atomic E-state index is 0.0532. The first-order valence-corrected chi connectivity index (χ1v) is 11.5. The Morgan fingerprint density at radius 3 is 2.62 bits per heavy atom. The van der Waals surface area contributed by atoms with E-state index in [9.17, 15) is 32.9 Å². The number of hydrogen-bond acceptors (Lipinski definition) is 9. The van der Waals surface area contributed by atoms with Crippen molar-refractivity contribution in [2.45, 2.75) is 19.4 Å². The third-order valence-corrected chi connectivity index (χ3v) is 5.57. The van der Waals surface area contributed by atoms with Crippen molar-refractivity contribution in [1.82, 2.24) is 0 Å². The zero-order valence-electron chi connectivity index (χ0n) is 20.8. The predicted molar refractivity (Wildman–Crippen MR) is 131 cm³/mol. The lowest BCUT2D eigenvalue weighted by atomic mass is 10.1. The van der Waals surface area contributed by atoms with Crippen molar-refractivity contribution < 1.29 is 51.4 Å². The van der Waals surface area contributed by atoms with Crippen LogP contribution in [0, 0.1) is 10.1 Å². The topological polar surface area (TPSA) is 135 Å². The summed E-state index contributed by atoms with van der Waals surface area (Å²) in [4.78, 5) is 35.6. The van der Waals surface area contributed by atoms with Crippen LogP contribution >= 0.6 is 0 Å². The molecule has 0 atom stereocenters. The van der Waals surface area contributed by atoms with E-state index in [1.807, 2.05) is 0 Å². The highest BCUT2D eigenvalue weighted by atomic mass is 19.4. The fourth-order valence-corrected chi connectivity index (χ4v) is 3.75. The van der Waals surface area contributed by atoms with Crippen molar-refractivity contribution in [1.29, 1.82) is 0 Å². The van der Waals surface area contributed by atoms with Gasteiger partial charge >= 0.3 is 12.1 Å². The Labute approximate surface area is 224 Å². The lowest BCUT2D eigenvalue weighted by molar-refractivity contribution is -0.385. The average Bonchev–Trinajstić information content (AvgIpc) is 2.94. The van der Waals surface area contributed by atoms with Gasteiger partial charge in [-0.2, -0.15) is 13.2 Å². The third-order valence-electron chi connectivity index (χ3n) is 5.57. The van der Waals surface area contributed by atoms with Gasteiger partial charge in [-0.05, 0) is 36.4 Å². The predicted octanol–water partition coefficient (Wildman–Crippen LogP) is 4.86. The number of methoxy groups -OCH3 is 1. The summed E-state index contributed by atoms with van der Waals surface area (Å²) in [6, 6.07) is 10.7. The maximum atomic E-state index is 12.9. The van der Waals surface area contributed by atoms with Gasteiger partial charge in [-0.25, -0.2) is 4.79 Å². The van der Waals surface area contributed by atoms with Gasteiger partial charge in [0, 0.05) is 28.9 Å². The van der Waals surface area contributed by atoms with Crippen LogP contribution in [0.25, 0.3) is 0 Å². The molecule has 0 spiro atoms. The van der Waals surface area contributed by atoms with Gasteiger partial charge in [0.1, 0.15) is 12.4 Å². The number of amides is 1. The number of nitro benzene ring substituents is 1. The number of carbonyl (C=O) groups is 2. The molecule has 0 saturated carbocycles. The third kappa shape index (κ3) is 6.77. The van der Waals surface area contributed by atoms with E-state index in [4.69, 9.17) is 23.7 Å². The van der Waals surface area contributed by atoms with E-state index in [0.717, 1.165) is 18.2 Å². The molecule has 0 fully saturated rings. The second kappa shape index (κ2) is 11.9. The van der Waals surface area contributed by atoms with Gasteiger partial charge in [-0.1, -0.05) is 6.07 Å². The highest BCUT2D eigenvalue weighted by Crippen LogP contribution is 2.34. The first-order valence-electron chi connectivity index (χ1n) is 11.5. The standard InChI is InChI=1S/C26H21F3N2O9/c1-36-22-9-15(25(33)39-12-17-8-20(31(34)35)7-16-11-37-14-40-24(16)17)5-6-21(22)38-13-23(32)30-19-4-2-3-18(10-19)26(27,28)29/h2-10H,11-14H2,1H3,(H,30,32). The molecule has 3 aromatic carbocycles. The number of non-ortho nitro benzene ring substituents is 1. The minimum Gasteiger partial charge on any atom is -0.493 e. The summed E-state index contributed by atoms with van der Waals surface area (Å²) in [5, 5.41) is 13.6. The molecule has 14 heteroatoms. The zero-order valence-corrected chi connectivity index (χ0v) is 20.8. The quantitative estimate of drug-likeness (QED) is 0.220. The van der Waals surface area contributed by atoms with Gasteiger partial charge in [0.2, 0.25) is 0 Å². The van der Waals surface area contributed by atoms with E-state index in [1.165, 1.54) is 43.5 Å². The van der Waals surface area contributed by atoms with Crippen LogP contribution in [-0.4, -0.2) is 37.3 Å². The van der Waals surface area contributed by atoms with Crippen LogP contribution < -0.4 is 19.5 Å². The molecule has 210 valence electrons. The molecule has 0 bridgehead atoms. The number of hydrogen-bond donors (Lipinski definition) is 1. The van der Waals surface area contributed by atoms with Gasteiger partial charge in [0.05, 0.1) is 29.8 Å². The fourth-order valence-electron chi connectivity index (χ4n) is 3.75. The van der Waals surface area contributed by atoms with Crippen LogP contribution in [0.4, 0.5) is 24.5 Å². The molecule has 4 rings (SSSR count). The molecule has 0 unspecified atom stereocenters. The first-order chi connectivity index (χ1) is 19.0. The van der Waals surface area contributed by atoms with Crippen LogP contribution in [0.5, 0.6) is 17.2 Å². The normalized spacial score (nSPS) is 12.5. The SMILES string of the molecule is COc1cc(C(=O)OCc2cc([N+](=O)[O-])cc3c2OCOC3)ccc1OCC(=O)Nc1cccc(C(F)(F)F)c1. The monoisotopic (exact) mass is 562 g/mol. The van der Waals surface area contributed by atoms with Gasteiger partial charge in [0.25, 0.3) is 11.6 Å². The molecule has 1 N–H and O–H groups in total. The number of anilines is 1. The van der Waals surface area contributed by atoms with E-state index in [-0.39, 0.29) is 48.4 Å². The number of rotatable bonds is 9. The summed E-state index contributed by atoms with van der Waals surface area (Å²) < 4.78 is 65.2. The highest BCUT2D eigenvalue weighted by Gasteiger charge is 2.30. The number of fused-ring (bicyclic) bond motifs is 1. The average molecular weight is 562 g/mol. The smallest absolute Gasteiger partial charge is 0.416 e. The summed E-state index contributed by atoms with van der Waals surface area (Å²) in [5.41, 5.74) is -0.384. The number of benzene rings is 3. The van der Waals surface area contributed by atoms with Crippen molar-refractivity contribution in [3.63, 3.8) is 0 Å². The van der Waals surface area contributed by atoms with Crippen LogP contribution in [0.15, 0.2) is 54.6 Å². The second-order valence-corrected chi connectivity index (χ2v) is 8.32. The summed E-state index contributed by atoms with van der Waals surface area (Å²) in [6.07, 6.45) is -4.56. The Balaban J connectivity index is 1.39. The number of ether oxygens (including phenoxy) is 5. The van der Waals surface area contributed by atoms with Gasteiger partial charge < -0.3 is 29.0 Å². The number of alkyl halides is 3. The van der Waals surface area contributed by atoms with E-state index in [2.05, 4.69) is 5.32 Å². The molecule has 1 aliphatic heterocycles. The fraction of sp³-hybridized carbons (Fsp3) is 0.231. The van der Waals surface area contributed by atoms with Crippen LogP contribution in [-0.2, 0) is 33.7 Å². The minimum atomic E-state index is -4.56. The first kappa shape index (κ1) is 28.2. The summed E-state index contributed by atoms with van der Waals surface area (Å²) in [7, 11) is 1.30. The number of halogens is 3. The molecule has 0 saturated heterocycles. The number of nitro groups is 1. The molecule has 0 radical (unpaired) electrons. The Morgan fingerprint density at radius 2 is 1.90 bits per heavy atom. The van der Waals surface area contributed by atoms with Crippen LogP contribution in [0.1, 0.15) is 27.0 Å². The molecule has 40 heavy (non-hydrogen) atoms. The molecule has 11 nitrogen and oxygen atoms in total.